The maximum Gasteiger partial charge on any atom is 0.320 e. The van der Waals surface area contributed by atoms with Gasteiger partial charge in [0.2, 0.25) is 65.0 Å². The summed E-state index contributed by atoms with van der Waals surface area (Å²) in [6, 6.07) is -13.0. The minimum Gasteiger partial charge on any atom is -0.480 e. The number of aliphatic hydroxyl groups is 1. The molecule has 1 saturated heterocycles. The summed E-state index contributed by atoms with van der Waals surface area (Å²) < 4.78 is 0. The van der Waals surface area contributed by atoms with Gasteiger partial charge in [0.15, 0.2) is 0 Å². The van der Waals surface area contributed by atoms with Crippen LogP contribution in [0, 0.1) is 47.3 Å². The number of nitrogens with zero attached hydrogens (tertiary/aromatic N) is 7. The van der Waals surface area contributed by atoms with Crippen LogP contribution in [0.3, 0.4) is 0 Å². The van der Waals surface area contributed by atoms with Crippen LogP contribution in [0.1, 0.15) is 170 Å². The lowest BCUT2D eigenvalue weighted by atomic mass is 9.91. The highest BCUT2D eigenvalue weighted by molar-refractivity contribution is 5.99. The molecule has 534 valence electrons. The number of hydrogen-bond acceptors (Lipinski definition) is 14. The summed E-state index contributed by atoms with van der Waals surface area (Å²) >= 11 is 0. The number of rotatable bonds is 17. The molecule has 0 aliphatic carbocycles. The van der Waals surface area contributed by atoms with Crippen molar-refractivity contribution in [3.8, 4) is 0 Å². The molecule has 1 rings (SSSR count). The Morgan fingerprint density at radius 1 is 0.505 bits per heavy atom. The zero-order valence-electron chi connectivity index (χ0n) is 61.2. The van der Waals surface area contributed by atoms with E-state index in [0.29, 0.717) is 6.42 Å². The number of carbonyl (C=O) groups is 12. The number of aliphatic carboxylic acids is 1. The molecule has 11 amide bonds. The molecule has 0 aromatic carbocycles. The Balaban J connectivity index is 0.00000985. The number of hydrogen-bond donors (Lipinski definition) is 7. The molecule has 0 bridgehead atoms. The van der Waals surface area contributed by atoms with E-state index in [0.717, 1.165) is 9.80 Å². The van der Waals surface area contributed by atoms with E-state index in [9.17, 15) is 53.1 Å². The number of aliphatic hydroxyl groups excluding tert-OH is 1. The van der Waals surface area contributed by atoms with Crippen LogP contribution in [0.4, 0.5) is 0 Å². The van der Waals surface area contributed by atoms with Crippen LogP contribution in [-0.4, -0.2) is 244 Å². The highest BCUT2D eigenvalue weighted by atomic mass is 16.4. The fraction of sp³-hybridized carbons (Fsp3) is 0.791. The first kappa shape index (κ1) is 86.3. The van der Waals surface area contributed by atoms with Crippen molar-refractivity contribution >= 4 is 70.9 Å². The van der Waals surface area contributed by atoms with Crippen LogP contribution < -0.4 is 27.0 Å². The quantitative estimate of drug-likeness (QED) is 0.103. The van der Waals surface area contributed by atoms with Crippen molar-refractivity contribution in [2.45, 2.75) is 243 Å². The van der Waals surface area contributed by atoms with Gasteiger partial charge in [0.1, 0.15) is 66.5 Å². The molecule has 93 heavy (non-hydrogen) atoms. The molecule has 0 aromatic rings. The lowest BCUT2D eigenvalue weighted by molar-refractivity contribution is -0.157. The molecule has 1 heterocycles. The first-order valence-corrected chi connectivity index (χ1v) is 33.1. The molecule has 0 radical (unpaired) electrons. The van der Waals surface area contributed by atoms with Gasteiger partial charge in [-0.3, -0.25) is 57.5 Å². The van der Waals surface area contributed by atoms with E-state index >= 15 is 9.59 Å². The lowest BCUT2D eigenvalue weighted by Crippen LogP contribution is -2.63. The summed E-state index contributed by atoms with van der Waals surface area (Å²) in [5.74, 6) is -10.6. The number of likely N-dealkylation sites (N-methyl/N-ethyl adjacent to an activating group) is 7. The molecule has 1 aliphatic rings. The maximum absolute atomic E-state index is 15.1. The van der Waals surface area contributed by atoms with Crippen molar-refractivity contribution < 1.29 is 67.7 Å². The largest absolute Gasteiger partial charge is 0.480 e. The predicted molar refractivity (Wildman–Crippen MR) is 359 cm³/mol. The van der Waals surface area contributed by atoms with Crippen molar-refractivity contribution in [3.05, 3.63) is 12.2 Å². The number of carboxylic acids is 1. The third-order valence-electron chi connectivity index (χ3n) is 17.1. The first-order chi connectivity index (χ1) is 42.8. The second kappa shape index (κ2) is 39.9. The van der Waals surface area contributed by atoms with E-state index in [1.54, 1.807) is 68.4 Å². The third-order valence-corrected chi connectivity index (χ3v) is 17.1. The van der Waals surface area contributed by atoms with Gasteiger partial charge in [-0.05, 0) is 107 Å². The average Bonchev–Trinajstić information content (AvgIpc) is 0.814. The number of allylic oxidation sites excluding steroid dienone is 2. The van der Waals surface area contributed by atoms with E-state index in [1.165, 1.54) is 87.7 Å². The Morgan fingerprint density at radius 2 is 0.914 bits per heavy atom. The molecule has 0 spiro atoms. The number of amides is 11. The van der Waals surface area contributed by atoms with Gasteiger partial charge in [0.25, 0.3) is 0 Å². The summed E-state index contributed by atoms with van der Waals surface area (Å²) in [7, 11) is 9.92. The minimum absolute atomic E-state index is 0.0208. The Morgan fingerprint density at radius 3 is 1.32 bits per heavy atom. The summed E-state index contributed by atoms with van der Waals surface area (Å²) in [5.41, 5.74) is 5.16. The Hall–Kier alpha value is -6.70. The molecule has 1 unspecified atom stereocenters. The number of nitrogens with two attached hydrogens (primary N) is 1. The van der Waals surface area contributed by atoms with Crippen molar-refractivity contribution in [3.63, 3.8) is 0 Å². The smallest absolute Gasteiger partial charge is 0.320 e. The van der Waals surface area contributed by atoms with E-state index in [1.807, 2.05) is 61.5 Å². The topological polar surface area (TPSA) is 342 Å². The van der Waals surface area contributed by atoms with Crippen LogP contribution >= 0.6 is 0 Å². The van der Waals surface area contributed by atoms with E-state index in [2.05, 4.69) is 21.3 Å². The maximum atomic E-state index is 15.1. The SMILES string of the molecule is C/C=C/C[C@@H](C)[C@@H](O)[C@H]1C(=O)N[C@@H](CC)C(=O)N(C)CC(=O)N(C)[C@@H](CC(C)C)C(=O)N[C@@H](C(C)C)C(=O)N(C)[C@@H](CC(C)C)C(=O)N[C@@H](C)C(=O)N[C@H](C)C(=O)N(C)[C@@H](CC(C)C)C(=O)N(C)[C@@H](CC(C)C)C(=O)N(C)[C@@H](C(C)C)C(=O)N1C.CC(C)C(N)C(=O)O. The molecule has 26 heteroatoms. The molecule has 26 nitrogen and oxygen atoms in total. The Labute approximate surface area is 556 Å². The van der Waals surface area contributed by atoms with E-state index in [-0.39, 0.29) is 61.7 Å². The van der Waals surface area contributed by atoms with Crippen molar-refractivity contribution in [1.29, 1.82) is 0 Å². The van der Waals surface area contributed by atoms with Gasteiger partial charge >= 0.3 is 5.97 Å². The van der Waals surface area contributed by atoms with Gasteiger partial charge in [-0.15, -0.1) is 0 Å². The molecule has 1 aliphatic heterocycles. The Bertz CT molecular complexity index is 2540. The molecule has 8 N–H and O–H groups in total. The fourth-order valence-electron chi connectivity index (χ4n) is 11.0. The normalized spacial score (nSPS) is 25.8. The van der Waals surface area contributed by atoms with Gasteiger partial charge in [-0.25, -0.2) is 0 Å². The summed E-state index contributed by atoms with van der Waals surface area (Å²) in [6.45, 7) is 32.9. The van der Waals surface area contributed by atoms with E-state index in [4.69, 9.17) is 10.8 Å². The second-order valence-corrected chi connectivity index (χ2v) is 28.2. The third kappa shape index (κ3) is 25.9. The second-order valence-electron chi connectivity index (χ2n) is 28.2. The van der Waals surface area contributed by atoms with Crippen LogP contribution in [0.5, 0.6) is 0 Å². The van der Waals surface area contributed by atoms with Crippen LogP contribution in [0.2, 0.25) is 0 Å². The van der Waals surface area contributed by atoms with E-state index < -0.39 is 168 Å². The van der Waals surface area contributed by atoms with Crippen LogP contribution in [0.15, 0.2) is 12.2 Å². The molecule has 0 aromatic heterocycles. The van der Waals surface area contributed by atoms with Gasteiger partial charge < -0.3 is 71.5 Å². The summed E-state index contributed by atoms with van der Waals surface area (Å²) in [6.07, 6.45) is 3.04. The lowest BCUT2D eigenvalue weighted by Gasteiger charge is -2.41. The minimum atomic E-state index is -1.61. The standard InChI is InChI=1S/C62H111N11O12.C5H11NO2/c1-25-27-28-40(15)52(75)51-56(79)65-43(26-2)58(81)67(18)33-48(74)68(19)44(29-34(3)4)55(78)66-49(38(11)12)61(84)69(20)45(30-35(5)6)54(77)63-41(16)53(76)64-42(17)57(80)70(21)46(31-36(7)8)59(82)71(22)47(32-37(9)10)60(83)72(23)50(39(13)14)62(85)73(51)24;1-3(2)4(6)5(7)8/h25,27,34-47,49-52,75H,26,28-33H2,1-24H3,(H,63,77)(H,64,76)(H,65,79)(H,66,78);3-4H,6H2,1-2H3,(H,7,8)/b27-25+;/t40-,41+,42-,43+,44+,45+,46+,47+,49+,50+,51+,52-;/m1./s1. The Kier molecular flexibility index (Phi) is 37.0. The highest BCUT2D eigenvalue weighted by Crippen LogP contribution is 2.26. The highest BCUT2D eigenvalue weighted by Gasteiger charge is 2.46. The van der Waals surface area contributed by atoms with Crippen molar-refractivity contribution in [2.24, 2.45) is 53.1 Å². The fourth-order valence-corrected chi connectivity index (χ4v) is 11.0. The van der Waals surface area contributed by atoms with Gasteiger partial charge in [0.05, 0.1) is 12.6 Å². The number of carbonyl (C=O) groups excluding carboxylic acids is 11. The van der Waals surface area contributed by atoms with Crippen LogP contribution in [-0.2, 0) is 57.5 Å². The van der Waals surface area contributed by atoms with Gasteiger partial charge in [-0.1, -0.05) is 123 Å². The van der Waals surface area contributed by atoms with Crippen LogP contribution in [0.25, 0.3) is 0 Å². The van der Waals surface area contributed by atoms with Gasteiger partial charge in [0, 0.05) is 49.3 Å². The average molecular weight is 1320 g/mol. The molecular formula is C67H122N12O14. The summed E-state index contributed by atoms with van der Waals surface area (Å²) in [5, 5.41) is 31.3. The molecule has 1 fully saturated rings. The monoisotopic (exact) mass is 1320 g/mol. The van der Waals surface area contributed by atoms with Crippen molar-refractivity contribution in [2.75, 3.05) is 55.9 Å². The predicted octanol–water partition coefficient (Wildman–Crippen LogP) is 3.32. The number of nitrogens with one attached hydrogen (secondary N) is 4. The summed E-state index contributed by atoms with van der Waals surface area (Å²) in [4.78, 5) is 179. The first-order valence-electron chi connectivity index (χ1n) is 33.1. The van der Waals surface area contributed by atoms with Gasteiger partial charge in [-0.2, -0.15) is 0 Å². The van der Waals surface area contributed by atoms with Crippen molar-refractivity contribution in [1.82, 2.24) is 55.6 Å². The number of carboxylic acid groups (broad SMARTS) is 1. The zero-order valence-corrected chi connectivity index (χ0v) is 61.2. The molecular weight excluding hydrogens is 1200 g/mol. The molecule has 13 atom stereocenters. The zero-order chi connectivity index (χ0) is 72.7. The molecule has 0 saturated carbocycles.